The molecule has 224 valence electrons. The largest absolute Gasteiger partial charge is 0.368 e. The summed E-state index contributed by atoms with van der Waals surface area (Å²) in [5.41, 5.74) is 5.99. The number of rotatable bonds is 10. The number of urea groups is 1. The molecule has 0 radical (unpaired) electrons. The first-order valence-corrected chi connectivity index (χ1v) is 16.5. The monoisotopic (exact) mass is 574 g/mol. The lowest BCUT2D eigenvalue weighted by molar-refractivity contribution is 0.218. The number of hydrogen-bond acceptors (Lipinski definition) is 3. The van der Waals surface area contributed by atoms with Gasteiger partial charge < -0.3 is 15.5 Å². The molecule has 2 aliphatic heterocycles. The van der Waals surface area contributed by atoms with Crippen molar-refractivity contribution >= 4 is 11.7 Å². The maximum atomic E-state index is 13.5. The summed E-state index contributed by atoms with van der Waals surface area (Å²) in [6.07, 6.45) is 9.26. The molecule has 2 fully saturated rings. The Hall–Kier alpha value is -3.78. The minimum Gasteiger partial charge on any atom is -0.368 e. The number of amides is 2. The Kier molecular flexibility index (Phi) is 9.03. The molecule has 2 heterocycles. The summed E-state index contributed by atoms with van der Waals surface area (Å²) < 4.78 is 0. The molecule has 3 aromatic rings. The van der Waals surface area contributed by atoms with Gasteiger partial charge in [0, 0.05) is 42.2 Å². The molecule has 0 aromatic heterocycles. The molecule has 1 saturated carbocycles. The third-order valence-corrected chi connectivity index (χ3v) is 10.2. The van der Waals surface area contributed by atoms with Gasteiger partial charge in [-0.3, -0.25) is 0 Å². The van der Waals surface area contributed by atoms with E-state index in [1.54, 1.807) is 5.56 Å². The molecule has 6 rings (SSSR count). The van der Waals surface area contributed by atoms with Gasteiger partial charge in [0.15, 0.2) is 0 Å². The molecule has 43 heavy (non-hydrogen) atoms. The summed E-state index contributed by atoms with van der Waals surface area (Å²) in [4.78, 5) is 16.1. The van der Waals surface area contributed by atoms with Crippen molar-refractivity contribution in [2.24, 2.45) is 11.8 Å². The molecule has 2 amide bonds. The van der Waals surface area contributed by atoms with Crippen molar-refractivity contribution in [3.8, 4) is 6.07 Å². The predicted octanol–water partition coefficient (Wildman–Crippen LogP) is 8.12. The van der Waals surface area contributed by atoms with Crippen molar-refractivity contribution in [1.82, 2.24) is 10.6 Å². The van der Waals surface area contributed by atoms with Crippen LogP contribution in [0.2, 0.25) is 0 Å². The Balaban J connectivity index is 1.04. The highest BCUT2D eigenvalue weighted by molar-refractivity contribution is 5.75. The molecule has 4 atom stereocenters. The van der Waals surface area contributed by atoms with E-state index in [-0.39, 0.29) is 24.0 Å². The number of nitriles is 1. The highest BCUT2D eigenvalue weighted by Crippen LogP contribution is 2.49. The number of benzene rings is 3. The maximum Gasteiger partial charge on any atom is 0.315 e. The standard InChI is InChI=1S/C38H46N4O/c1-26(2)24-34(37(29-8-4-3-5-9-29)30-17-12-28(25-39)13-18-30)41-38(43)40-31-19-14-27(15-20-31)16-21-36-33-22-23-42(36)35-11-7-6-10-32(33)35/h3-13,17-18,26-27,31,33-34,36-37H,14-16,19-24H2,1-2H3,(H2,40,41,43)/t27?,31?,33?,34-,36?,37-/m0/s1. The van der Waals surface area contributed by atoms with E-state index in [0.717, 1.165) is 36.7 Å². The van der Waals surface area contributed by atoms with E-state index in [2.05, 4.69) is 84.0 Å². The minimum absolute atomic E-state index is 0.00517. The average Bonchev–Trinajstić information content (AvgIpc) is 3.57. The van der Waals surface area contributed by atoms with Crippen LogP contribution < -0.4 is 15.5 Å². The first-order valence-electron chi connectivity index (χ1n) is 16.5. The Morgan fingerprint density at radius 2 is 1.58 bits per heavy atom. The van der Waals surface area contributed by atoms with E-state index in [0.29, 0.717) is 17.5 Å². The fourth-order valence-electron chi connectivity index (χ4n) is 8.20. The molecular formula is C38H46N4O. The van der Waals surface area contributed by atoms with Crippen LogP contribution in [0.3, 0.4) is 0 Å². The number of hydrogen-bond donors (Lipinski definition) is 2. The van der Waals surface area contributed by atoms with E-state index < -0.39 is 0 Å². The van der Waals surface area contributed by atoms with Gasteiger partial charge in [0.2, 0.25) is 0 Å². The van der Waals surface area contributed by atoms with Gasteiger partial charge in [0.25, 0.3) is 0 Å². The molecule has 0 spiro atoms. The average molecular weight is 575 g/mol. The molecule has 5 nitrogen and oxygen atoms in total. The zero-order valence-electron chi connectivity index (χ0n) is 25.7. The Morgan fingerprint density at radius 3 is 2.28 bits per heavy atom. The van der Waals surface area contributed by atoms with Crippen LogP contribution >= 0.6 is 0 Å². The zero-order chi connectivity index (χ0) is 29.8. The topological polar surface area (TPSA) is 68.2 Å². The second kappa shape index (κ2) is 13.2. The van der Waals surface area contributed by atoms with Crippen LogP contribution in [0.4, 0.5) is 10.5 Å². The number of carbonyl (C=O) groups is 1. The number of para-hydroxylation sites is 1. The molecule has 2 N–H and O–H groups in total. The third-order valence-electron chi connectivity index (χ3n) is 10.2. The van der Waals surface area contributed by atoms with Gasteiger partial charge >= 0.3 is 6.03 Å². The van der Waals surface area contributed by atoms with Crippen LogP contribution in [0.5, 0.6) is 0 Å². The van der Waals surface area contributed by atoms with Gasteiger partial charge in [0.05, 0.1) is 11.6 Å². The quantitative estimate of drug-likeness (QED) is 0.257. The fourth-order valence-corrected chi connectivity index (χ4v) is 8.20. The SMILES string of the molecule is CC(C)C[C@H](NC(=O)NC1CCC(CCC2C3CCN2c2ccccc23)CC1)[C@@H](c1ccccc1)c1ccc(C#N)cc1. The lowest BCUT2D eigenvalue weighted by Gasteiger charge is -2.33. The smallest absolute Gasteiger partial charge is 0.315 e. The Bertz CT molecular complexity index is 1370. The van der Waals surface area contributed by atoms with Crippen LogP contribution in [0.25, 0.3) is 0 Å². The number of nitrogens with one attached hydrogen (secondary N) is 2. The zero-order valence-corrected chi connectivity index (χ0v) is 25.7. The highest BCUT2D eigenvalue weighted by atomic mass is 16.2. The summed E-state index contributed by atoms with van der Waals surface area (Å²) >= 11 is 0. The fraction of sp³-hybridized carbons (Fsp3) is 0.474. The summed E-state index contributed by atoms with van der Waals surface area (Å²) in [5, 5.41) is 16.1. The van der Waals surface area contributed by atoms with Crippen LogP contribution in [0.15, 0.2) is 78.9 Å². The summed E-state index contributed by atoms with van der Waals surface area (Å²) in [7, 11) is 0. The van der Waals surface area contributed by atoms with E-state index >= 15 is 0 Å². The molecular weight excluding hydrogens is 528 g/mol. The van der Waals surface area contributed by atoms with E-state index in [4.69, 9.17) is 0 Å². The van der Waals surface area contributed by atoms with E-state index in [9.17, 15) is 10.1 Å². The number of nitrogens with zero attached hydrogens (tertiary/aromatic N) is 2. The molecule has 3 aromatic carbocycles. The highest BCUT2D eigenvalue weighted by Gasteiger charge is 2.43. The molecule has 2 unspecified atom stereocenters. The lowest BCUT2D eigenvalue weighted by atomic mass is 9.81. The van der Waals surface area contributed by atoms with Crippen LogP contribution in [0, 0.1) is 23.2 Å². The van der Waals surface area contributed by atoms with Gasteiger partial charge in [-0.1, -0.05) is 74.5 Å². The van der Waals surface area contributed by atoms with Crippen molar-refractivity contribution < 1.29 is 4.79 Å². The Labute approximate surface area is 257 Å². The summed E-state index contributed by atoms with van der Waals surface area (Å²) in [5.74, 6) is 1.91. The first-order chi connectivity index (χ1) is 21.0. The second-order valence-electron chi connectivity index (χ2n) is 13.5. The second-order valence-corrected chi connectivity index (χ2v) is 13.5. The summed E-state index contributed by atoms with van der Waals surface area (Å²) in [6, 6.07) is 30.3. The molecule has 3 aliphatic rings. The van der Waals surface area contributed by atoms with Crippen LogP contribution in [0.1, 0.15) is 99.3 Å². The number of anilines is 1. The minimum atomic E-state index is -0.0624. The van der Waals surface area contributed by atoms with Crippen molar-refractivity contribution in [3.05, 3.63) is 101 Å². The molecule has 5 heteroatoms. The molecule has 1 saturated heterocycles. The third kappa shape index (κ3) is 6.59. The van der Waals surface area contributed by atoms with Crippen molar-refractivity contribution in [1.29, 1.82) is 5.26 Å². The van der Waals surface area contributed by atoms with Crippen molar-refractivity contribution in [2.75, 3.05) is 11.4 Å². The van der Waals surface area contributed by atoms with Crippen molar-refractivity contribution in [3.63, 3.8) is 0 Å². The van der Waals surface area contributed by atoms with Gasteiger partial charge in [-0.2, -0.15) is 5.26 Å². The molecule has 2 bridgehead atoms. The van der Waals surface area contributed by atoms with Gasteiger partial charge in [-0.25, -0.2) is 4.79 Å². The predicted molar refractivity (Wildman–Crippen MR) is 174 cm³/mol. The normalized spacial score (nSPS) is 23.8. The lowest BCUT2D eigenvalue weighted by Crippen LogP contribution is -2.49. The summed E-state index contributed by atoms with van der Waals surface area (Å²) in [6.45, 7) is 5.63. The van der Waals surface area contributed by atoms with Gasteiger partial charge in [-0.15, -0.1) is 0 Å². The first kappa shape index (κ1) is 29.3. The maximum absolute atomic E-state index is 13.5. The van der Waals surface area contributed by atoms with E-state index in [1.807, 2.05) is 30.3 Å². The van der Waals surface area contributed by atoms with Crippen LogP contribution in [-0.4, -0.2) is 30.7 Å². The molecule has 1 aliphatic carbocycles. The van der Waals surface area contributed by atoms with Gasteiger partial charge in [0.1, 0.15) is 0 Å². The van der Waals surface area contributed by atoms with Crippen LogP contribution in [-0.2, 0) is 0 Å². The van der Waals surface area contributed by atoms with E-state index in [1.165, 1.54) is 49.9 Å². The van der Waals surface area contributed by atoms with Gasteiger partial charge in [-0.05, 0) is 98.1 Å². The number of fused-ring (bicyclic) bond motifs is 5. The van der Waals surface area contributed by atoms with Crippen molar-refractivity contribution in [2.45, 2.75) is 95.2 Å². The number of carbonyl (C=O) groups excluding carboxylic acids is 1. The Morgan fingerprint density at radius 1 is 0.884 bits per heavy atom.